The number of hydrogen-bond acceptors (Lipinski definition) is 2. The first-order chi connectivity index (χ1) is 8.88. The first-order valence-corrected chi connectivity index (χ1v) is 6.88. The van der Waals surface area contributed by atoms with Crippen LogP contribution in [0.15, 0.2) is 56.7 Å². The molecule has 100 valence electrons. The van der Waals surface area contributed by atoms with Crippen LogP contribution in [0.25, 0.3) is 0 Å². The van der Waals surface area contributed by atoms with Gasteiger partial charge in [0, 0.05) is 20.0 Å². The predicted octanol–water partition coefficient (Wildman–Crippen LogP) is 5.20. The lowest BCUT2D eigenvalue weighted by atomic mass is 10.2. The van der Waals surface area contributed by atoms with Crippen LogP contribution in [0.3, 0.4) is 0 Å². The SMILES string of the molecule is Nc1ccccc1Sc1ccc(C(F)(F)F)cc1Br. The second-order valence-electron chi connectivity index (χ2n) is 3.78. The van der Waals surface area contributed by atoms with E-state index in [4.69, 9.17) is 5.73 Å². The smallest absolute Gasteiger partial charge is 0.398 e. The summed E-state index contributed by atoms with van der Waals surface area (Å²) >= 11 is 4.48. The molecule has 6 heteroatoms. The van der Waals surface area contributed by atoms with Gasteiger partial charge in [-0.15, -0.1) is 0 Å². The minimum atomic E-state index is -4.34. The van der Waals surface area contributed by atoms with Crippen molar-refractivity contribution in [3.63, 3.8) is 0 Å². The highest BCUT2D eigenvalue weighted by molar-refractivity contribution is 9.10. The molecule has 0 aliphatic heterocycles. The molecule has 0 radical (unpaired) electrons. The summed E-state index contributed by atoms with van der Waals surface area (Å²) in [6.07, 6.45) is -4.34. The molecule has 0 aliphatic carbocycles. The van der Waals surface area contributed by atoms with Crippen LogP contribution in [0.5, 0.6) is 0 Å². The first kappa shape index (κ1) is 14.3. The summed E-state index contributed by atoms with van der Waals surface area (Å²) < 4.78 is 38.0. The largest absolute Gasteiger partial charge is 0.416 e. The van der Waals surface area contributed by atoms with E-state index in [0.717, 1.165) is 17.0 Å². The maximum Gasteiger partial charge on any atom is 0.416 e. The highest BCUT2D eigenvalue weighted by Gasteiger charge is 2.30. The van der Waals surface area contributed by atoms with Gasteiger partial charge >= 0.3 is 6.18 Å². The van der Waals surface area contributed by atoms with E-state index in [1.54, 1.807) is 12.1 Å². The summed E-state index contributed by atoms with van der Waals surface area (Å²) in [4.78, 5) is 1.49. The quantitative estimate of drug-likeness (QED) is 0.755. The maximum atomic E-state index is 12.5. The Morgan fingerprint density at radius 3 is 2.26 bits per heavy atom. The lowest BCUT2D eigenvalue weighted by Gasteiger charge is -2.10. The second kappa shape index (κ2) is 5.46. The number of rotatable bonds is 2. The monoisotopic (exact) mass is 347 g/mol. The van der Waals surface area contributed by atoms with E-state index in [1.165, 1.54) is 17.8 Å². The zero-order chi connectivity index (χ0) is 14.0. The average molecular weight is 348 g/mol. The third kappa shape index (κ3) is 3.45. The fourth-order valence-electron chi connectivity index (χ4n) is 1.45. The Morgan fingerprint density at radius 2 is 1.68 bits per heavy atom. The molecule has 1 nitrogen and oxygen atoms in total. The molecule has 0 amide bonds. The van der Waals surface area contributed by atoms with Crippen LogP contribution in [0.4, 0.5) is 18.9 Å². The van der Waals surface area contributed by atoms with Crippen LogP contribution >= 0.6 is 27.7 Å². The van der Waals surface area contributed by atoms with Gasteiger partial charge in [0.1, 0.15) is 0 Å². The Labute approximate surface area is 121 Å². The summed E-state index contributed by atoms with van der Waals surface area (Å²) in [5.41, 5.74) is 5.72. The molecule has 0 fully saturated rings. The van der Waals surface area contributed by atoms with Crippen molar-refractivity contribution in [3.8, 4) is 0 Å². The summed E-state index contributed by atoms with van der Waals surface area (Å²) in [7, 11) is 0. The van der Waals surface area contributed by atoms with E-state index in [9.17, 15) is 13.2 Å². The minimum absolute atomic E-state index is 0.399. The summed E-state index contributed by atoms with van der Waals surface area (Å²) in [6, 6.07) is 10.8. The fraction of sp³-hybridized carbons (Fsp3) is 0.0769. The summed E-state index contributed by atoms with van der Waals surface area (Å²) in [5.74, 6) is 0. The van der Waals surface area contributed by atoms with Crippen LogP contribution in [-0.4, -0.2) is 0 Å². The molecule has 2 aromatic carbocycles. The van der Waals surface area contributed by atoms with E-state index in [-0.39, 0.29) is 0 Å². The molecule has 0 aromatic heterocycles. The number of anilines is 1. The third-order valence-electron chi connectivity index (χ3n) is 2.40. The fourth-order valence-corrected chi connectivity index (χ4v) is 2.94. The van der Waals surface area contributed by atoms with Crippen LogP contribution in [-0.2, 0) is 6.18 Å². The topological polar surface area (TPSA) is 26.0 Å². The molecule has 2 N–H and O–H groups in total. The number of hydrogen-bond donors (Lipinski definition) is 1. The zero-order valence-corrected chi connectivity index (χ0v) is 11.9. The van der Waals surface area contributed by atoms with E-state index in [1.807, 2.05) is 12.1 Å². The normalized spacial score (nSPS) is 11.6. The number of nitrogens with two attached hydrogens (primary N) is 1. The van der Waals surface area contributed by atoms with Gasteiger partial charge in [0.15, 0.2) is 0 Å². The van der Waals surface area contributed by atoms with Crippen molar-refractivity contribution in [2.24, 2.45) is 0 Å². The lowest BCUT2D eigenvalue weighted by molar-refractivity contribution is -0.137. The number of para-hydroxylation sites is 1. The molecule has 0 heterocycles. The number of halogens is 4. The van der Waals surface area contributed by atoms with Crippen molar-refractivity contribution >= 4 is 33.4 Å². The molecule has 19 heavy (non-hydrogen) atoms. The molecule has 0 bridgehead atoms. The highest BCUT2D eigenvalue weighted by Crippen LogP contribution is 2.39. The first-order valence-electron chi connectivity index (χ1n) is 5.27. The van der Waals surface area contributed by atoms with Gasteiger partial charge in [-0.05, 0) is 46.3 Å². The Balaban J connectivity index is 2.30. The molecule has 0 spiro atoms. The van der Waals surface area contributed by atoms with Crippen molar-refractivity contribution in [2.75, 3.05) is 5.73 Å². The van der Waals surface area contributed by atoms with Crippen LogP contribution in [0, 0.1) is 0 Å². The van der Waals surface area contributed by atoms with Crippen LogP contribution in [0.2, 0.25) is 0 Å². The van der Waals surface area contributed by atoms with E-state index in [0.29, 0.717) is 15.1 Å². The Kier molecular flexibility index (Phi) is 4.10. The van der Waals surface area contributed by atoms with Gasteiger partial charge < -0.3 is 5.73 Å². The van der Waals surface area contributed by atoms with Crippen molar-refractivity contribution in [3.05, 3.63) is 52.5 Å². The van der Waals surface area contributed by atoms with Crippen LogP contribution < -0.4 is 5.73 Å². The summed E-state index contributed by atoms with van der Waals surface area (Å²) in [6.45, 7) is 0. The molecule has 0 aliphatic rings. The number of alkyl halides is 3. The maximum absolute atomic E-state index is 12.5. The molecule has 0 saturated heterocycles. The molecule has 2 rings (SSSR count). The van der Waals surface area contributed by atoms with Crippen molar-refractivity contribution in [1.82, 2.24) is 0 Å². The van der Waals surface area contributed by atoms with Gasteiger partial charge in [-0.3, -0.25) is 0 Å². The predicted molar refractivity (Wildman–Crippen MR) is 74.1 cm³/mol. The van der Waals surface area contributed by atoms with E-state index < -0.39 is 11.7 Å². The van der Waals surface area contributed by atoms with Crippen LogP contribution in [0.1, 0.15) is 5.56 Å². The zero-order valence-electron chi connectivity index (χ0n) is 9.54. The molecular weight excluding hydrogens is 339 g/mol. The lowest BCUT2D eigenvalue weighted by Crippen LogP contribution is -2.04. The standard InChI is InChI=1S/C13H9BrF3NS/c14-9-7-8(13(15,16)17)5-6-11(9)19-12-4-2-1-3-10(12)18/h1-7H,18H2. The molecule has 2 aromatic rings. The van der Waals surface area contributed by atoms with Crippen molar-refractivity contribution in [1.29, 1.82) is 0 Å². The van der Waals surface area contributed by atoms with Gasteiger partial charge in [-0.2, -0.15) is 13.2 Å². The van der Waals surface area contributed by atoms with Gasteiger partial charge in [0.2, 0.25) is 0 Å². The molecular formula is C13H9BrF3NS. The Hall–Kier alpha value is -1.14. The Morgan fingerprint density at radius 1 is 1.00 bits per heavy atom. The van der Waals surface area contributed by atoms with Gasteiger partial charge in [-0.25, -0.2) is 0 Å². The van der Waals surface area contributed by atoms with Gasteiger partial charge in [0.05, 0.1) is 5.56 Å². The van der Waals surface area contributed by atoms with Crippen molar-refractivity contribution in [2.45, 2.75) is 16.0 Å². The summed E-state index contributed by atoms with van der Waals surface area (Å²) in [5, 5.41) is 0. The van der Waals surface area contributed by atoms with Gasteiger partial charge in [0.25, 0.3) is 0 Å². The molecule has 0 unspecified atom stereocenters. The van der Waals surface area contributed by atoms with E-state index >= 15 is 0 Å². The Bertz CT molecular complexity index is 599. The average Bonchev–Trinajstić information content (AvgIpc) is 2.33. The second-order valence-corrected chi connectivity index (χ2v) is 5.72. The molecule has 0 atom stereocenters. The van der Waals surface area contributed by atoms with E-state index in [2.05, 4.69) is 15.9 Å². The van der Waals surface area contributed by atoms with Gasteiger partial charge in [-0.1, -0.05) is 23.9 Å². The number of benzene rings is 2. The van der Waals surface area contributed by atoms with Crippen molar-refractivity contribution < 1.29 is 13.2 Å². The minimum Gasteiger partial charge on any atom is -0.398 e. The highest BCUT2D eigenvalue weighted by atomic mass is 79.9. The number of nitrogen functional groups attached to an aromatic ring is 1. The molecule has 0 saturated carbocycles. The third-order valence-corrected chi connectivity index (χ3v) is 4.48.